The van der Waals surface area contributed by atoms with Crippen LogP contribution in [0.25, 0.3) is 0 Å². The van der Waals surface area contributed by atoms with E-state index in [2.05, 4.69) is 13.0 Å². The van der Waals surface area contributed by atoms with Gasteiger partial charge in [-0.3, -0.25) is 0 Å². The van der Waals surface area contributed by atoms with Crippen molar-refractivity contribution in [3.8, 4) is 0 Å². The van der Waals surface area contributed by atoms with E-state index in [4.69, 9.17) is 9.31 Å². The molecule has 0 heterocycles. The second-order valence-electron chi connectivity index (χ2n) is 4.31. The van der Waals surface area contributed by atoms with E-state index in [0.29, 0.717) is 0 Å². The minimum Gasteiger partial charge on any atom is -0.405 e. The Morgan fingerprint density at radius 1 is 1.07 bits per heavy atom. The SMILES string of the molecule is CCCC/C=C\B(OC(C)C)OC(C)C. The highest BCUT2D eigenvalue weighted by atomic mass is 16.6. The van der Waals surface area contributed by atoms with Gasteiger partial charge in [-0.2, -0.15) is 0 Å². The molecule has 0 radical (unpaired) electrons. The number of hydrogen-bond acceptors (Lipinski definition) is 2. The molecule has 0 atom stereocenters. The molecule has 0 aliphatic carbocycles. The van der Waals surface area contributed by atoms with Gasteiger partial charge in [0.1, 0.15) is 0 Å². The fraction of sp³-hybridized carbons (Fsp3) is 0.833. The van der Waals surface area contributed by atoms with Crippen molar-refractivity contribution in [1.82, 2.24) is 0 Å². The number of allylic oxidation sites excluding steroid dienone is 1. The van der Waals surface area contributed by atoms with Gasteiger partial charge in [-0.05, 0) is 34.1 Å². The summed E-state index contributed by atoms with van der Waals surface area (Å²) < 4.78 is 11.3. The van der Waals surface area contributed by atoms with Crippen LogP contribution in [0.3, 0.4) is 0 Å². The molecule has 0 amide bonds. The normalized spacial score (nSPS) is 11.9. The first-order chi connectivity index (χ1) is 7.06. The van der Waals surface area contributed by atoms with Gasteiger partial charge in [0.05, 0.1) is 0 Å². The van der Waals surface area contributed by atoms with Gasteiger partial charge in [-0.15, -0.1) is 0 Å². The van der Waals surface area contributed by atoms with Gasteiger partial charge < -0.3 is 9.31 Å². The van der Waals surface area contributed by atoms with Crippen molar-refractivity contribution < 1.29 is 9.31 Å². The Morgan fingerprint density at radius 3 is 2.00 bits per heavy atom. The summed E-state index contributed by atoms with van der Waals surface area (Å²) in [5.74, 6) is 2.02. The van der Waals surface area contributed by atoms with Gasteiger partial charge in [-0.1, -0.05) is 31.8 Å². The molecule has 0 spiro atoms. The molecule has 0 fully saturated rings. The van der Waals surface area contributed by atoms with Gasteiger partial charge in [0.2, 0.25) is 0 Å². The van der Waals surface area contributed by atoms with E-state index in [-0.39, 0.29) is 19.3 Å². The summed E-state index contributed by atoms with van der Waals surface area (Å²) in [6.45, 7) is 10.3. The average Bonchev–Trinajstić information content (AvgIpc) is 2.10. The van der Waals surface area contributed by atoms with Crippen LogP contribution in [0.5, 0.6) is 0 Å². The number of hydrogen-bond donors (Lipinski definition) is 0. The predicted molar refractivity (Wildman–Crippen MR) is 66.9 cm³/mol. The molecule has 0 aromatic heterocycles. The standard InChI is InChI=1S/C12H25BO2/c1-6-7-8-9-10-13(14-11(2)3)15-12(4)5/h9-12H,6-8H2,1-5H3/b10-9-. The second kappa shape index (κ2) is 8.99. The van der Waals surface area contributed by atoms with E-state index in [1.54, 1.807) is 0 Å². The van der Waals surface area contributed by atoms with Crippen LogP contribution < -0.4 is 0 Å². The zero-order chi connectivity index (χ0) is 11.7. The van der Waals surface area contributed by atoms with Gasteiger partial charge in [0, 0.05) is 12.2 Å². The van der Waals surface area contributed by atoms with Crippen LogP contribution in [0.1, 0.15) is 53.9 Å². The molecule has 0 rings (SSSR count). The minimum absolute atomic E-state index is 0.193. The first-order valence-electron chi connectivity index (χ1n) is 6.03. The average molecular weight is 212 g/mol. The van der Waals surface area contributed by atoms with Gasteiger partial charge >= 0.3 is 7.12 Å². The molecule has 0 aromatic rings. The molecule has 0 saturated heterocycles. The zero-order valence-electron chi connectivity index (χ0n) is 10.8. The topological polar surface area (TPSA) is 18.5 Å². The van der Waals surface area contributed by atoms with Crippen LogP contribution in [0, 0.1) is 0 Å². The van der Waals surface area contributed by atoms with E-state index in [1.165, 1.54) is 12.8 Å². The Labute approximate surface area is 95.2 Å². The molecule has 0 unspecified atom stereocenters. The molecule has 3 heteroatoms. The first kappa shape index (κ1) is 14.7. The highest BCUT2D eigenvalue weighted by Crippen LogP contribution is 2.03. The number of rotatable bonds is 8. The smallest absolute Gasteiger partial charge is 0.405 e. The lowest BCUT2D eigenvalue weighted by Gasteiger charge is -2.16. The van der Waals surface area contributed by atoms with Crippen LogP contribution in [-0.4, -0.2) is 19.3 Å². The Balaban J connectivity index is 3.93. The molecule has 88 valence electrons. The van der Waals surface area contributed by atoms with E-state index in [0.717, 1.165) is 6.42 Å². The third-order valence-corrected chi connectivity index (χ3v) is 1.83. The van der Waals surface area contributed by atoms with Crippen molar-refractivity contribution in [2.45, 2.75) is 66.1 Å². The molecule has 0 saturated carbocycles. The lowest BCUT2D eigenvalue weighted by atomic mass is 9.88. The van der Waals surface area contributed by atoms with Crippen LogP contribution in [-0.2, 0) is 9.31 Å². The fourth-order valence-electron chi connectivity index (χ4n) is 1.19. The van der Waals surface area contributed by atoms with Crippen LogP contribution in [0.2, 0.25) is 0 Å². The quantitative estimate of drug-likeness (QED) is 0.452. The maximum absolute atomic E-state index is 5.63. The van der Waals surface area contributed by atoms with Crippen molar-refractivity contribution in [1.29, 1.82) is 0 Å². The zero-order valence-corrected chi connectivity index (χ0v) is 10.8. The van der Waals surface area contributed by atoms with E-state index in [9.17, 15) is 0 Å². The molecule has 0 aliphatic heterocycles. The van der Waals surface area contributed by atoms with Crippen molar-refractivity contribution >= 4 is 7.12 Å². The van der Waals surface area contributed by atoms with Crippen molar-refractivity contribution in [3.63, 3.8) is 0 Å². The minimum atomic E-state index is -0.193. The first-order valence-corrected chi connectivity index (χ1v) is 6.03. The molecule has 15 heavy (non-hydrogen) atoms. The van der Waals surface area contributed by atoms with Crippen LogP contribution in [0.4, 0.5) is 0 Å². The van der Waals surface area contributed by atoms with E-state index < -0.39 is 0 Å². The predicted octanol–water partition coefficient (Wildman–Crippen LogP) is 3.61. The van der Waals surface area contributed by atoms with Gasteiger partial charge in [0.25, 0.3) is 0 Å². The lowest BCUT2D eigenvalue weighted by Crippen LogP contribution is -2.27. The summed E-state index contributed by atoms with van der Waals surface area (Å²) >= 11 is 0. The van der Waals surface area contributed by atoms with Crippen LogP contribution in [0.15, 0.2) is 12.1 Å². The largest absolute Gasteiger partial charge is 0.486 e. The van der Waals surface area contributed by atoms with Crippen LogP contribution >= 0.6 is 0 Å². The third kappa shape index (κ3) is 10.0. The molecular weight excluding hydrogens is 187 g/mol. The highest BCUT2D eigenvalue weighted by Gasteiger charge is 2.17. The maximum atomic E-state index is 5.63. The Hall–Kier alpha value is -0.275. The third-order valence-electron chi connectivity index (χ3n) is 1.83. The molecule has 0 aromatic carbocycles. The highest BCUT2D eigenvalue weighted by molar-refractivity contribution is 6.50. The van der Waals surface area contributed by atoms with Gasteiger partial charge in [0.15, 0.2) is 0 Å². The Kier molecular flexibility index (Phi) is 8.82. The fourth-order valence-corrected chi connectivity index (χ4v) is 1.19. The summed E-state index contributed by atoms with van der Waals surface area (Å²) in [5, 5.41) is 0. The van der Waals surface area contributed by atoms with Gasteiger partial charge in [-0.25, -0.2) is 0 Å². The summed E-state index contributed by atoms with van der Waals surface area (Å²) in [7, 11) is -0.193. The molecule has 2 nitrogen and oxygen atoms in total. The monoisotopic (exact) mass is 212 g/mol. The Morgan fingerprint density at radius 2 is 1.60 bits per heavy atom. The summed E-state index contributed by atoms with van der Waals surface area (Å²) in [6.07, 6.45) is 6.11. The molecule has 0 N–H and O–H groups in total. The second-order valence-corrected chi connectivity index (χ2v) is 4.31. The molecule has 0 bridgehead atoms. The van der Waals surface area contributed by atoms with Crippen molar-refractivity contribution in [3.05, 3.63) is 12.1 Å². The Bertz CT molecular complexity index is 157. The van der Waals surface area contributed by atoms with Crippen molar-refractivity contribution in [2.24, 2.45) is 0 Å². The lowest BCUT2D eigenvalue weighted by molar-refractivity contribution is 0.138. The number of unbranched alkanes of at least 4 members (excludes halogenated alkanes) is 2. The summed E-state index contributed by atoms with van der Waals surface area (Å²) in [4.78, 5) is 0. The summed E-state index contributed by atoms with van der Waals surface area (Å²) in [5.41, 5.74) is 0. The van der Waals surface area contributed by atoms with E-state index >= 15 is 0 Å². The van der Waals surface area contributed by atoms with E-state index in [1.807, 2.05) is 33.7 Å². The van der Waals surface area contributed by atoms with Crippen molar-refractivity contribution in [2.75, 3.05) is 0 Å². The molecule has 0 aliphatic rings. The molecular formula is C12H25BO2. The maximum Gasteiger partial charge on any atom is 0.486 e. The summed E-state index contributed by atoms with van der Waals surface area (Å²) in [6, 6.07) is 0.